The zero-order chi connectivity index (χ0) is 52.5. The average molecular weight is 1000 g/mol. The minimum Gasteiger partial charge on any atom is -0.494 e. The molecule has 1 fully saturated rings. The van der Waals surface area contributed by atoms with Gasteiger partial charge in [0.15, 0.2) is 11.5 Å². The lowest BCUT2D eigenvalue weighted by atomic mass is 10.0. The Morgan fingerprint density at radius 3 is 2.03 bits per heavy atom. The molecule has 3 amide bonds. The summed E-state index contributed by atoms with van der Waals surface area (Å²) in [5.74, 6) is 1.78. The van der Waals surface area contributed by atoms with E-state index >= 15 is 0 Å². The first-order chi connectivity index (χ1) is 35.7. The van der Waals surface area contributed by atoms with Crippen LogP contribution in [0, 0.1) is 11.2 Å². The second-order valence-electron chi connectivity index (χ2n) is 17.7. The van der Waals surface area contributed by atoms with Crippen molar-refractivity contribution < 1.29 is 37.7 Å². The lowest BCUT2D eigenvalue weighted by Crippen LogP contribution is -2.35. The van der Waals surface area contributed by atoms with Gasteiger partial charge in [-0.05, 0) is 112 Å². The molecule has 9 rings (SSSR count). The van der Waals surface area contributed by atoms with Crippen LogP contribution in [0.15, 0.2) is 140 Å². The van der Waals surface area contributed by atoms with Gasteiger partial charge in [0.2, 0.25) is 23.7 Å². The van der Waals surface area contributed by atoms with Gasteiger partial charge in [0, 0.05) is 91.1 Å². The predicted molar refractivity (Wildman–Crippen MR) is 288 cm³/mol. The number of para-hydroxylation sites is 1. The molecule has 74 heavy (non-hydrogen) atoms. The van der Waals surface area contributed by atoms with Crippen LogP contribution in [0.25, 0.3) is 33.1 Å². The number of hydrogen-bond donors (Lipinski definition) is 4. The standard InChI is InChI=1S/C28H24FN3O5.C28H33N7O2/c1-35-24-15-21-22(16-25(24)36-2)30-14-11-23(21)37-20-9-7-19(8-10-20)32-27(34)28(12-13-28)26(33)31-18-5-3-17(29)4-6-18;1-7-27(36)30-22-16-23(26(37-6)17-25(22)34(4)15-14-33(2)3)32-28-29-13-12-21(31-28)20-18-35(5)24-11-9-8-10-19(20)24/h3-11,14-16H,12-13H2,1-2H3,(H,31,33)(H,32,34);7-13,16-18H,1,14-15H2,2-6H3,(H,30,36)(H,29,31,32). The number of rotatable bonds is 18. The molecule has 0 spiro atoms. The van der Waals surface area contributed by atoms with Crippen LogP contribution < -0.4 is 45.1 Å². The Bertz CT molecular complexity index is 3340. The molecule has 17 nitrogen and oxygen atoms in total. The molecule has 380 valence electrons. The van der Waals surface area contributed by atoms with E-state index in [4.69, 9.17) is 23.9 Å². The first kappa shape index (κ1) is 51.3. The molecule has 0 unspecified atom stereocenters. The van der Waals surface area contributed by atoms with Crippen molar-refractivity contribution in [3.05, 3.63) is 146 Å². The third-order valence-corrected chi connectivity index (χ3v) is 12.4. The number of nitrogens with zero attached hydrogens (tertiary/aromatic N) is 6. The maximum Gasteiger partial charge on any atom is 0.247 e. The quantitative estimate of drug-likeness (QED) is 0.0471. The van der Waals surface area contributed by atoms with Crippen molar-refractivity contribution in [1.29, 1.82) is 0 Å². The first-order valence-electron chi connectivity index (χ1n) is 23.6. The number of carbonyl (C=O) groups is 3. The van der Waals surface area contributed by atoms with E-state index in [1.165, 1.54) is 30.3 Å². The number of ether oxygens (including phenoxy) is 4. The van der Waals surface area contributed by atoms with Crippen LogP contribution >= 0.6 is 0 Å². The summed E-state index contributed by atoms with van der Waals surface area (Å²) in [6, 6.07) is 31.4. The Kier molecular flexibility index (Phi) is 15.7. The minimum absolute atomic E-state index is 0.299. The highest BCUT2D eigenvalue weighted by atomic mass is 19.1. The van der Waals surface area contributed by atoms with Crippen LogP contribution in [-0.4, -0.2) is 97.7 Å². The molecular formula is C56H57FN10O7. The van der Waals surface area contributed by atoms with Gasteiger partial charge in [-0.3, -0.25) is 19.4 Å². The van der Waals surface area contributed by atoms with Crippen LogP contribution in [0.3, 0.4) is 0 Å². The molecule has 1 aliphatic carbocycles. The van der Waals surface area contributed by atoms with Crippen molar-refractivity contribution >= 4 is 73.9 Å². The fourth-order valence-electron chi connectivity index (χ4n) is 8.13. The lowest BCUT2D eigenvalue weighted by molar-refractivity contribution is -0.131. The molecule has 8 aromatic rings. The first-order valence-corrected chi connectivity index (χ1v) is 23.6. The van der Waals surface area contributed by atoms with E-state index in [9.17, 15) is 18.8 Å². The average Bonchev–Trinajstić information content (AvgIpc) is 4.17. The van der Waals surface area contributed by atoms with Gasteiger partial charge in [-0.2, -0.15) is 0 Å². The highest BCUT2D eigenvalue weighted by molar-refractivity contribution is 6.17. The number of anilines is 6. The molecule has 0 atom stereocenters. The fourth-order valence-corrected chi connectivity index (χ4v) is 8.13. The van der Waals surface area contributed by atoms with Crippen molar-refractivity contribution in [2.24, 2.45) is 12.5 Å². The monoisotopic (exact) mass is 1000 g/mol. The summed E-state index contributed by atoms with van der Waals surface area (Å²) in [6.45, 7) is 5.19. The fraction of sp³-hybridized carbons (Fsp3) is 0.214. The van der Waals surface area contributed by atoms with Gasteiger partial charge in [0.05, 0.1) is 49.6 Å². The Morgan fingerprint density at radius 1 is 0.730 bits per heavy atom. The topological polar surface area (TPSA) is 186 Å². The van der Waals surface area contributed by atoms with E-state index in [1.807, 2.05) is 58.5 Å². The Hall–Kier alpha value is -9.03. The minimum atomic E-state index is -1.14. The molecule has 1 aliphatic rings. The molecule has 5 aromatic carbocycles. The van der Waals surface area contributed by atoms with E-state index in [0.29, 0.717) is 75.8 Å². The summed E-state index contributed by atoms with van der Waals surface area (Å²) < 4.78 is 37.7. The van der Waals surface area contributed by atoms with Gasteiger partial charge in [0.25, 0.3) is 0 Å². The van der Waals surface area contributed by atoms with Crippen molar-refractivity contribution in [2.45, 2.75) is 12.8 Å². The number of pyridine rings is 1. The van der Waals surface area contributed by atoms with E-state index in [1.54, 1.807) is 76.2 Å². The van der Waals surface area contributed by atoms with Gasteiger partial charge < -0.3 is 54.6 Å². The smallest absolute Gasteiger partial charge is 0.247 e. The lowest BCUT2D eigenvalue weighted by Gasteiger charge is -2.26. The highest BCUT2D eigenvalue weighted by Gasteiger charge is 2.56. The summed E-state index contributed by atoms with van der Waals surface area (Å²) >= 11 is 0. The molecule has 0 radical (unpaired) electrons. The number of methoxy groups -OCH3 is 3. The number of aryl methyl sites for hydroxylation is 1. The molecule has 18 heteroatoms. The largest absolute Gasteiger partial charge is 0.494 e. The zero-order valence-corrected chi connectivity index (χ0v) is 42.2. The van der Waals surface area contributed by atoms with Gasteiger partial charge in [-0.1, -0.05) is 24.8 Å². The van der Waals surface area contributed by atoms with Crippen LogP contribution in [-0.2, 0) is 21.4 Å². The maximum atomic E-state index is 13.1. The van der Waals surface area contributed by atoms with Gasteiger partial charge in [-0.25, -0.2) is 14.4 Å². The van der Waals surface area contributed by atoms with Crippen molar-refractivity contribution in [3.63, 3.8) is 0 Å². The number of fused-ring (bicyclic) bond motifs is 2. The number of halogens is 1. The van der Waals surface area contributed by atoms with E-state index in [2.05, 4.69) is 70.5 Å². The molecule has 0 saturated heterocycles. The van der Waals surface area contributed by atoms with Crippen LogP contribution in [0.4, 0.5) is 38.8 Å². The van der Waals surface area contributed by atoms with Crippen molar-refractivity contribution in [2.75, 3.05) is 81.7 Å². The molecule has 0 aliphatic heterocycles. The number of benzene rings is 5. The number of aromatic nitrogens is 4. The summed E-state index contributed by atoms with van der Waals surface area (Å²) in [6.07, 6.45) is 7.57. The molecular weight excluding hydrogens is 944 g/mol. The number of carbonyl (C=O) groups excluding carboxylic acids is 3. The third kappa shape index (κ3) is 11.7. The maximum absolute atomic E-state index is 13.1. The zero-order valence-electron chi connectivity index (χ0n) is 42.2. The molecule has 1 saturated carbocycles. The number of nitrogens with one attached hydrogen (secondary N) is 4. The Balaban J connectivity index is 0.000000197. The number of likely N-dealkylation sites (N-methyl/N-ethyl adjacent to an activating group) is 2. The van der Waals surface area contributed by atoms with E-state index < -0.39 is 17.1 Å². The SMILES string of the molecule is C=CC(=O)Nc1cc(Nc2nccc(-c3cn(C)c4ccccc34)n2)c(OC)cc1N(C)CCN(C)C.COc1cc2nccc(Oc3ccc(NC(=O)C4(C(=O)Nc5ccc(F)cc5)CC4)cc3)c2cc1OC. The summed E-state index contributed by atoms with van der Waals surface area (Å²) in [4.78, 5) is 55.7. The van der Waals surface area contributed by atoms with Crippen LogP contribution in [0.5, 0.6) is 28.7 Å². The van der Waals surface area contributed by atoms with E-state index in [-0.39, 0.29) is 11.8 Å². The molecule has 0 bridgehead atoms. The summed E-state index contributed by atoms with van der Waals surface area (Å²) in [5.41, 5.74) is 5.54. The predicted octanol–water partition coefficient (Wildman–Crippen LogP) is 10.1. The molecule has 3 heterocycles. The number of amides is 3. The third-order valence-electron chi connectivity index (χ3n) is 12.4. The Labute approximate surface area is 427 Å². The molecule has 3 aromatic heterocycles. The second kappa shape index (κ2) is 22.6. The van der Waals surface area contributed by atoms with Crippen LogP contribution in [0.1, 0.15) is 12.8 Å². The summed E-state index contributed by atoms with van der Waals surface area (Å²) in [7, 11) is 12.8. The van der Waals surface area contributed by atoms with Gasteiger partial charge in [0.1, 0.15) is 28.5 Å². The van der Waals surface area contributed by atoms with E-state index in [0.717, 1.165) is 46.3 Å². The van der Waals surface area contributed by atoms with Crippen molar-refractivity contribution in [1.82, 2.24) is 24.4 Å². The van der Waals surface area contributed by atoms with Crippen LogP contribution in [0.2, 0.25) is 0 Å². The van der Waals surface area contributed by atoms with Gasteiger partial charge >= 0.3 is 0 Å². The number of hydrogen-bond acceptors (Lipinski definition) is 13. The molecule has 4 N–H and O–H groups in total. The Morgan fingerprint density at radius 2 is 1.38 bits per heavy atom. The summed E-state index contributed by atoms with van der Waals surface area (Å²) in [5, 5.41) is 13.6. The van der Waals surface area contributed by atoms with Gasteiger partial charge in [-0.15, -0.1) is 0 Å². The highest BCUT2D eigenvalue weighted by Crippen LogP contribution is 2.48. The van der Waals surface area contributed by atoms with Crippen molar-refractivity contribution in [3.8, 4) is 40.0 Å². The normalized spacial score (nSPS) is 12.2. The second-order valence-corrected chi connectivity index (χ2v) is 17.7.